The molecule has 0 unspecified atom stereocenters. The summed E-state index contributed by atoms with van der Waals surface area (Å²) >= 11 is 0. The summed E-state index contributed by atoms with van der Waals surface area (Å²) in [6, 6.07) is 9.62. The topological polar surface area (TPSA) is 80.4 Å². The summed E-state index contributed by atoms with van der Waals surface area (Å²) in [4.78, 5) is 0. The van der Waals surface area contributed by atoms with E-state index in [0.717, 1.165) is 0 Å². The smallest absolute Gasteiger partial charge is 0.456 e. The number of rotatable bonds is 4. The molecule has 0 radical (unpaired) electrons. The number of aromatic nitrogens is 3. The van der Waals surface area contributed by atoms with Crippen LogP contribution in [0.1, 0.15) is 5.56 Å². The highest BCUT2D eigenvalue weighted by molar-refractivity contribution is 6.40. The summed E-state index contributed by atoms with van der Waals surface area (Å²) in [5.41, 5.74) is 1.97. The van der Waals surface area contributed by atoms with Gasteiger partial charge in [-0.25, -0.2) is 9.07 Å². The van der Waals surface area contributed by atoms with E-state index in [9.17, 15) is 4.39 Å². The first kappa shape index (κ1) is 14.5. The van der Waals surface area contributed by atoms with Crippen LogP contribution in [0, 0.1) is 5.82 Å². The van der Waals surface area contributed by atoms with Gasteiger partial charge in [0, 0.05) is 12.4 Å². The molecule has 0 aliphatic heterocycles. The molecule has 8 heteroatoms. The van der Waals surface area contributed by atoms with Crippen LogP contribution >= 0.6 is 0 Å². The zero-order valence-electron chi connectivity index (χ0n) is 11.8. The first-order valence-electron chi connectivity index (χ1n) is 6.63. The molecule has 0 aliphatic rings. The van der Waals surface area contributed by atoms with Gasteiger partial charge in [-0.3, -0.25) is 0 Å². The van der Waals surface area contributed by atoms with E-state index in [1.54, 1.807) is 31.4 Å². The molecular weight excluding hydrogens is 288 g/mol. The number of ether oxygens (including phenoxy) is 1. The van der Waals surface area contributed by atoms with Gasteiger partial charge in [0.2, 0.25) is 0 Å². The summed E-state index contributed by atoms with van der Waals surface area (Å²) < 4.78 is 20.8. The van der Waals surface area contributed by atoms with Gasteiger partial charge in [-0.2, -0.15) is 0 Å². The van der Waals surface area contributed by atoms with Gasteiger partial charge in [-0.1, -0.05) is 11.3 Å². The third-order valence-corrected chi connectivity index (χ3v) is 3.31. The van der Waals surface area contributed by atoms with E-state index >= 15 is 0 Å². The lowest BCUT2D eigenvalue weighted by molar-refractivity contribution is 0.405. The monoisotopic (exact) mass is 301 g/mol. The fourth-order valence-corrected chi connectivity index (χ4v) is 2.27. The minimum absolute atomic E-state index is 0.0352. The van der Waals surface area contributed by atoms with E-state index in [1.807, 2.05) is 0 Å². The van der Waals surface area contributed by atoms with Crippen LogP contribution in [0.2, 0.25) is 0 Å². The quantitative estimate of drug-likeness (QED) is 0.706. The van der Waals surface area contributed by atoms with Crippen molar-refractivity contribution in [2.75, 3.05) is 7.11 Å². The Balaban J connectivity index is 2.04. The second-order valence-corrected chi connectivity index (χ2v) is 4.83. The highest BCUT2D eigenvalue weighted by atomic mass is 19.1. The van der Waals surface area contributed by atoms with Crippen molar-refractivity contribution in [2.45, 2.75) is 6.32 Å². The Morgan fingerprint density at radius 3 is 2.73 bits per heavy atom. The molecule has 0 saturated carbocycles. The van der Waals surface area contributed by atoms with E-state index in [0.29, 0.717) is 22.3 Å². The molecule has 6 nitrogen and oxygen atoms in total. The van der Waals surface area contributed by atoms with Gasteiger partial charge in [0.05, 0.1) is 12.6 Å². The fourth-order valence-electron chi connectivity index (χ4n) is 2.27. The highest BCUT2D eigenvalue weighted by Crippen LogP contribution is 2.23. The third kappa shape index (κ3) is 2.66. The summed E-state index contributed by atoms with van der Waals surface area (Å²) in [7, 11) is 0.0458. The van der Waals surface area contributed by atoms with Crippen LogP contribution in [0.5, 0.6) is 5.75 Å². The number of halogens is 1. The summed E-state index contributed by atoms with van der Waals surface area (Å²) in [5, 5.41) is 25.8. The molecule has 1 aromatic heterocycles. The number of hydrogen-bond acceptors (Lipinski definition) is 5. The minimum Gasteiger partial charge on any atom is -0.497 e. The number of methoxy groups -OCH3 is 1. The van der Waals surface area contributed by atoms with Crippen molar-refractivity contribution in [2.24, 2.45) is 0 Å². The van der Waals surface area contributed by atoms with Crippen molar-refractivity contribution in [1.29, 1.82) is 0 Å². The molecular formula is C14H13BFN3O3. The molecule has 0 fully saturated rings. The maximum atomic E-state index is 14.3. The Morgan fingerprint density at radius 2 is 2.05 bits per heavy atom. The van der Waals surface area contributed by atoms with Crippen molar-refractivity contribution in [1.82, 2.24) is 15.0 Å². The standard InChI is InChI=1S/C14H13BFN3O3/c1-22-10-3-5-14-12(7-10)17-18-19(14)13-4-2-9(6-11(13)16)8-15(20)21/h2-7,20-21H,8H2,1H3. The molecule has 3 rings (SSSR count). The Labute approximate surface area is 125 Å². The van der Waals surface area contributed by atoms with E-state index in [-0.39, 0.29) is 12.0 Å². The van der Waals surface area contributed by atoms with Crippen LogP contribution < -0.4 is 4.74 Å². The number of benzene rings is 2. The van der Waals surface area contributed by atoms with Crippen LogP contribution in [0.3, 0.4) is 0 Å². The van der Waals surface area contributed by atoms with Crippen molar-refractivity contribution in [3.05, 3.63) is 47.8 Å². The molecule has 0 aliphatic carbocycles. The molecule has 2 N–H and O–H groups in total. The normalized spacial score (nSPS) is 10.9. The third-order valence-electron chi connectivity index (χ3n) is 3.31. The van der Waals surface area contributed by atoms with Crippen molar-refractivity contribution < 1.29 is 19.2 Å². The lowest BCUT2D eigenvalue weighted by Crippen LogP contribution is -2.15. The minimum atomic E-state index is -1.51. The molecule has 0 bridgehead atoms. The molecule has 0 saturated heterocycles. The number of fused-ring (bicyclic) bond motifs is 1. The second kappa shape index (κ2) is 5.74. The van der Waals surface area contributed by atoms with Crippen molar-refractivity contribution >= 4 is 18.2 Å². The molecule has 1 heterocycles. The van der Waals surface area contributed by atoms with Gasteiger partial charge in [-0.05, 0) is 29.8 Å². The summed E-state index contributed by atoms with van der Waals surface area (Å²) in [5.74, 6) is 0.132. The first-order chi connectivity index (χ1) is 10.6. The summed E-state index contributed by atoms with van der Waals surface area (Å²) in [6.45, 7) is 0. The van der Waals surface area contributed by atoms with E-state index in [1.165, 1.54) is 16.8 Å². The maximum absolute atomic E-state index is 14.3. The average Bonchev–Trinajstić information content (AvgIpc) is 2.89. The SMILES string of the molecule is COc1ccc2c(c1)nnn2-c1ccc(CB(O)O)cc1F. The zero-order chi connectivity index (χ0) is 15.7. The Kier molecular flexibility index (Phi) is 3.78. The van der Waals surface area contributed by atoms with Crippen LogP contribution in [0.4, 0.5) is 4.39 Å². The summed E-state index contributed by atoms with van der Waals surface area (Å²) in [6.07, 6.45) is -0.0352. The van der Waals surface area contributed by atoms with Crippen LogP contribution in [-0.4, -0.2) is 39.3 Å². The van der Waals surface area contributed by atoms with Gasteiger partial charge >= 0.3 is 7.12 Å². The second-order valence-electron chi connectivity index (χ2n) is 4.83. The predicted octanol–water partition coefficient (Wildman–Crippen LogP) is 1.12. The van der Waals surface area contributed by atoms with Crippen molar-refractivity contribution in [3.8, 4) is 11.4 Å². The van der Waals surface area contributed by atoms with Gasteiger partial charge in [0.15, 0.2) is 0 Å². The maximum Gasteiger partial charge on any atom is 0.456 e. The molecule has 22 heavy (non-hydrogen) atoms. The van der Waals surface area contributed by atoms with E-state index in [4.69, 9.17) is 14.8 Å². The van der Waals surface area contributed by atoms with Crippen LogP contribution in [-0.2, 0) is 6.32 Å². The lowest BCUT2D eigenvalue weighted by Gasteiger charge is -2.07. The molecule has 0 amide bonds. The van der Waals surface area contributed by atoms with Crippen LogP contribution in [0.15, 0.2) is 36.4 Å². The zero-order valence-corrected chi connectivity index (χ0v) is 11.8. The van der Waals surface area contributed by atoms with Gasteiger partial charge in [0.1, 0.15) is 22.8 Å². The lowest BCUT2D eigenvalue weighted by atomic mass is 9.82. The predicted molar refractivity (Wildman–Crippen MR) is 79.3 cm³/mol. The van der Waals surface area contributed by atoms with Gasteiger partial charge < -0.3 is 14.8 Å². The largest absolute Gasteiger partial charge is 0.497 e. The number of nitrogens with zero attached hydrogens (tertiary/aromatic N) is 3. The van der Waals surface area contributed by atoms with Gasteiger partial charge in [-0.15, -0.1) is 5.10 Å². The number of hydrogen-bond donors (Lipinski definition) is 2. The van der Waals surface area contributed by atoms with Gasteiger partial charge in [0.25, 0.3) is 0 Å². The average molecular weight is 301 g/mol. The Bertz CT molecular complexity index is 822. The molecule has 3 aromatic rings. The Morgan fingerprint density at radius 1 is 1.23 bits per heavy atom. The molecule has 2 aromatic carbocycles. The van der Waals surface area contributed by atoms with Crippen molar-refractivity contribution in [3.63, 3.8) is 0 Å². The van der Waals surface area contributed by atoms with E-state index in [2.05, 4.69) is 10.3 Å². The molecule has 0 spiro atoms. The van der Waals surface area contributed by atoms with E-state index < -0.39 is 12.9 Å². The molecule has 0 atom stereocenters. The highest BCUT2D eigenvalue weighted by Gasteiger charge is 2.14. The molecule has 112 valence electrons. The van der Waals surface area contributed by atoms with Crippen LogP contribution in [0.25, 0.3) is 16.7 Å². The fraction of sp³-hybridized carbons (Fsp3) is 0.143. The first-order valence-corrected chi connectivity index (χ1v) is 6.63. The Hall–Kier alpha value is -2.45.